The summed E-state index contributed by atoms with van der Waals surface area (Å²) < 4.78 is 13.3. The number of rotatable bonds is 6. The molecule has 5 heteroatoms. The molecule has 1 unspecified atom stereocenters. The summed E-state index contributed by atoms with van der Waals surface area (Å²) in [7, 11) is 1.69. The summed E-state index contributed by atoms with van der Waals surface area (Å²) in [4.78, 5) is 2.28. The van der Waals surface area contributed by atoms with Crippen molar-refractivity contribution in [3.8, 4) is 11.5 Å². The number of aliphatic hydroxyl groups excluding tert-OH is 1. The Labute approximate surface area is 153 Å². The molecule has 0 amide bonds. The second kappa shape index (κ2) is 7.40. The van der Waals surface area contributed by atoms with E-state index in [-0.39, 0.29) is 0 Å². The van der Waals surface area contributed by atoms with Crippen LogP contribution in [0.2, 0.25) is 0 Å². The van der Waals surface area contributed by atoms with Crippen LogP contribution in [-0.4, -0.2) is 47.5 Å². The molecule has 1 aliphatic rings. The molecule has 0 saturated carbocycles. The van der Waals surface area contributed by atoms with Gasteiger partial charge in [-0.15, -0.1) is 0 Å². The SMILES string of the molecule is COc1ccc2c(c1)cc1n2CCN(CC(O)COc2ccccc2)C1. The predicted octanol–water partition coefficient (Wildman–Crippen LogP) is 2.91. The first-order valence-electron chi connectivity index (χ1n) is 8.97. The number of hydrogen-bond acceptors (Lipinski definition) is 4. The van der Waals surface area contributed by atoms with Crippen LogP contribution in [0.4, 0.5) is 0 Å². The molecule has 0 aliphatic carbocycles. The van der Waals surface area contributed by atoms with E-state index in [1.54, 1.807) is 7.11 Å². The van der Waals surface area contributed by atoms with E-state index in [0.717, 1.165) is 31.1 Å². The highest BCUT2D eigenvalue weighted by atomic mass is 16.5. The van der Waals surface area contributed by atoms with Gasteiger partial charge >= 0.3 is 0 Å². The maximum absolute atomic E-state index is 10.3. The molecule has 0 fully saturated rings. The van der Waals surface area contributed by atoms with Crippen molar-refractivity contribution in [2.75, 3.05) is 26.8 Å². The van der Waals surface area contributed by atoms with Crippen molar-refractivity contribution in [3.05, 3.63) is 60.3 Å². The number of ether oxygens (including phenoxy) is 2. The average Bonchev–Trinajstić information content (AvgIpc) is 3.03. The lowest BCUT2D eigenvalue weighted by Gasteiger charge is -2.30. The molecule has 1 atom stereocenters. The van der Waals surface area contributed by atoms with Crippen molar-refractivity contribution in [1.29, 1.82) is 0 Å². The molecule has 4 rings (SSSR count). The Morgan fingerprint density at radius 3 is 2.69 bits per heavy atom. The van der Waals surface area contributed by atoms with Gasteiger partial charge in [0.2, 0.25) is 0 Å². The van der Waals surface area contributed by atoms with E-state index in [1.807, 2.05) is 36.4 Å². The number of β-amino-alcohol motifs (C(OH)–C–C–N with tert-alkyl or cyclic N) is 1. The standard InChI is InChI=1S/C21H24N2O3/c1-25-20-7-8-21-16(12-20)11-17-13-22(9-10-23(17)21)14-18(24)15-26-19-5-3-2-4-6-19/h2-8,11-12,18,24H,9-10,13-15H2,1H3. The van der Waals surface area contributed by atoms with E-state index in [9.17, 15) is 5.11 Å². The van der Waals surface area contributed by atoms with Crippen molar-refractivity contribution in [1.82, 2.24) is 9.47 Å². The highest BCUT2D eigenvalue weighted by molar-refractivity contribution is 5.83. The van der Waals surface area contributed by atoms with Crippen LogP contribution in [0.1, 0.15) is 5.69 Å². The minimum atomic E-state index is -0.508. The van der Waals surface area contributed by atoms with Gasteiger partial charge < -0.3 is 19.1 Å². The van der Waals surface area contributed by atoms with E-state index < -0.39 is 6.10 Å². The number of nitrogens with zero attached hydrogens (tertiary/aromatic N) is 2. The Kier molecular flexibility index (Phi) is 4.82. The number of hydrogen-bond donors (Lipinski definition) is 1. The largest absolute Gasteiger partial charge is 0.497 e. The van der Waals surface area contributed by atoms with Crippen LogP contribution in [0.3, 0.4) is 0 Å². The van der Waals surface area contributed by atoms with Gasteiger partial charge in [-0.25, -0.2) is 0 Å². The number of aromatic nitrogens is 1. The van der Waals surface area contributed by atoms with E-state index >= 15 is 0 Å². The fourth-order valence-electron chi connectivity index (χ4n) is 3.59. The molecule has 5 nitrogen and oxygen atoms in total. The highest BCUT2D eigenvalue weighted by Crippen LogP contribution is 2.27. The van der Waals surface area contributed by atoms with Crippen molar-refractivity contribution < 1.29 is 14.6 Å². The molecule has 0 saturated heterocycles. The van der Waals surface area contributed by atoms with Gasteiger partial charge in [-0.3, -0.25) is 4.90 Å². The summed E-state index contributed by atoms with van der Waals surface area (Å²) >= 11 is 0. The van der Waals surface area contributed by atoms with Gasteiger partial charge in [0, 0.05) is 42.8 Å². The third kappa shape index (κ3) is 3.54. The second-order valence-electron chi connectivity index (χ2n) is 6.73. The van der Waals surface area contributed by atoms with Crippen molar-refractivity contribution in [2.45, 2.75) is 19.2 Å². The first kappa shape index (κ1) is 16.9. The van der Waals surface area contributed by atoms with Gasteiger partial charge in [-0.05, 0) is 36.4 Å². The number of benzene rings is 2. The van der Waals surface area contributed by atoms with Gasteiger partial charge in [0.05, 0.1) is 7.11 Å². The normalized spacial score (nSPS) is 15.6. The zero-order chi connectivity index (χ0) is 17.9. The zero-order valence-electron chi connectivity index (χ0n) is 15.0. The van der Waals surface area contributed by atoms with Gasteiger partial charge in [0.15, 0.2) is 0 Å². The fourth-order valence-corrected chi connectivity index (χ4v) is 3.59. The minimum Gasteiger partial charge on any atom is -0.497 e. The molecule has 0 bridgehead atoms. The van der Waals surface area contributed by atoms with Crippen molar-refractivity contribution in [2.24, 2.45) is 0 Å². The molecule has 2 heterocycles. The minimum absolute atomic E-state index is 0.306. The van der Waals surface area contributed by atoms with E-state index in [4.69, 9.17) is 9.47 Å². The monoisotopic (exact) mass is 352 g/mol. The summed E-state index contributed by atoms with van der Waals surface area (Å²) in [5.41, 5.74) is 2.52. The van der Waals surface area contributed by atoms with Crippen LogP contribution >= 0.6 is 0 Å². The first-order valence-corrected chi connectivity index (χ1v) is 8.97. The van der Waals surface area contributed by atoms with Crippen LogP contribution in [0, 0.1) is 0 Å². The summed E-state index contributed by atoms with van der Waals surface area (Å²) in [6.07, 6.45) is -0.508. The molecule has 0 radical (unpaired) electrons. The molecule has 1 aliphatic heterocycles. The highest BCUT2D eigenvalue weighted by Gasteiger charge is 2.21. The van der Waals surface area contributed by atoms with Crippen molar-refractivity contribution >= 4 is 10.9 Å². The molecule has 1 aromatic heterocycles. The predicted molar refractivity (Wildman–Crippen MR) is 102 cm³/mol. The quantitative estimate of drug-likeness (QED) is 0.741. The van der Waals surface area contributed by atoms with E-state index in [2.05, 4.69) is 27.7 Å². The van der Waals surface area contributed by atoms with Gasteiger partial charge in [0.25, 0.3) is 0 Å². The van der Waals surface area contributed by atoms with Crippen molar-refractivity contribution in [3.63, 3.8) is 0 Å². The number of para-hydroxylation sites is 1. The topological polar surface area (TPSA) is 46.9 Å². The van der Waals surface area contributed by atoms with E-state index in [1.165, 1.54) is 16.6 Å². The Hall–Kier alpha value is -2.50. The molecule has 3 aromatic rings. The Morgan fingerprint density at radius 1 is 1.04 bits per heavy atom. The van der Waals surface area contributed by atoms with Gasteiger partial charge in [-0.2, -0.15) is 0 Å². The lowest BCUT2D eigenvalue weighted by Crippen LogP contribution is -2.40. The Bertz CT molecular complexity index is 876. The molecule has 26 heavy (non-hydrogen) atoms. The summed E-state index contributed by atoms with van der Waals surface area (Å²) in [6, 6.07) is 18.0. The molecule has 1 N–H and O–H groups in total. The van der Waals surface area contributed by atoms with Crippen LogP contribution in [0.15, 0.2) is 54.6 Å². The lowest BCUT2D eigenvalue weighted by atomic mass is 10.2. The maximum atomic E-state index is 10.3. The van der Waals surface area contributed by atoms with Crippen LogP contribution in [0.5, 0.6) is 11.5 Å². The second-order valence-corrected chi connectivity index (χ2v) is 6.73. The lowest BCUT2D eigenvalue weighted by molar-refractivity contribution is 0.0593. The average molecular weight is 352 g/mol. The van der Waals surface area contributed by atoms with Gasteiger partial charge in [-0.1, -0.05) is 18.2 Å². The number of aliphatic hydroxyl groups is 1. The molecular weight excluding hydrogens is 328 g/mol. The Balaban J connectivity index is 1.38. The van der Waals surface area contributed by atoms with Crippen LogP contribution < -0.4 is 9.47 Å². The smallest absolute Gasteiger partial charge is 0.119 e. The fraction of sp³-hybridized carbons (Fsp3) is 0.333. The third-order valence-corrected chi connectivity index (χ3v) is 4.87. The zero-order valence-corrected chi connectivity index (χ0v) is 15.0. The number of fused-ring (bicyclic) bond motifs is 3. The molecule has 2 aromatic carbocycles. The first-order chi connectivity index (χ1) is 12.7. The van der Waals surface area contributed by atoms with E-state index in [0.29, 0.717) is 13.2 Å². The van der Waals surface area contributed by atoms with Crippen LogP contribution in [-0.2, 0) is 13.1 Å². The summed E-state index contributed by atoms with van der Waals surface area (Å²) in [5.74, 6) is 1.67. The maximum Gasteiger partial charge on any atom is 0.119 e. The Morgan fingerprint density at radius 2 is 1.88 bits per heavy atom. The summed E-state index contributed by atoms with van der Waals surface area (Å²) in [6.45, 7) is 3.60. The number of methoxy groups -OCH3 is 1. The molecule has 0 spiro atoms. The van der Waals surface area contributed by atoms with Crippen LogP contribution in [0.25, 0.3) is 10.9 Å². The van der Waals surface area contributed by atoms with Gasteiger partial charge in [0.1, 0.15) is 24.2 Å². The molecular formula is C21H24N2O3. The molecule has 136 valence electrons. The summed E-state index contributed by atoms with van der Waals surface area (Å²) in [5, 5.41) is 11.5. The third-order valence-electron chi connectivity index (χ3n) is 4.87.